The molecule has 4 heteroatoms. The van der Waals surface area contributed by atoms with E-state index in [1.54, 1.807) is 29.4 Å². The van der Waals surface area contributed by atoms with E-state index < -0.39 is 0 Å². The molecule has 0 spiro atoms. The molecule has 0 bridgehead atoms. The Balaban J connectivity index is 1.67. The monoisotopic (exact) mass is 380 g/mol. The molecule has 0 atom stereocenters. The molecule has 142 valence electrons. The van der Waals surface area contributed by atoms with Gasteiger partial charge in [0, 0.05) is 12.4 Å². The summed E-state index contributed by atoms with van der Waals surface area (Å²) in [6.07, 6.45) is 6.90. The van der Waals surface area contributed by atoms with E-state index in [0.29, 0.717) is 23.6 Å². The quantitative estimate of drug-likeness (QED) is 0.321. The summed E-state index contributed by atoms with van der Waals surface area (Å²) >= 11 is 0. The number of imidazole rings is 1. The average molecular weight is 380 g/mol. The van der Waals surface area contributed by atoms with Gasteiger partial charge in [0.2, 0.25) is 5.78 Å². The third kappa shape index (κ3) is 4.50. The highest BCUT2D eigenvalue weighted by Gasteiger charge is 2.18. The predicted molar refractivity (Wildman–Crippen MR) is 114 cm³/mol. The van der Waals surface area contributed by atoms with Crippen molar-refractivity contribution in [2.75, 3.05) is 0 Å². The number of ketones is 1. The summed E-state index contributed by atoms with van der Waals surface area (Å²) in [7, 11) is 0. The molecule has 1 aromatic heterocycles. The van der Waals surface area contributed by atoms with Gasteiger partial charge >= 0.3 is 0 Å². The molecule has 1 heterocycles. The summed E-state index contributed by atoms with van der Waals surface area (Å²) in [5.41, 5.74) is 3.00. The molecule has 4 rings (SSSR count). The SMILES string of the molecule is O=C(/C(=C\c1ccccc1)n1ccnc1)c1ccccc1OCc1ccccc1. The number of carbonyl (C=O) groups excluding carboxylic acids is 1. The first-order chi connectivity index (χ1) is 14.3. The molecule has 3 aromatic carbocycles. The zero-order chi connectivity index (χ0) is 19.9. The van der Waals surface area contributed by atoms with Crippen LogP contribution in [0.2, 0.25) is 0 Å². The van der Waals surface area contributed by atoms with Crippen LogP contribution in [-0.2, 0) is 6.61 Å². The van der Waals surface area contributed by atoms with Crippen LogP contribution in [0, 0.1) is 0 Å². The molecule has 0 aliphatic carbocycles. The van der Waals surface area contributed by atoms with Gasteiger partial charge in [-0.3, -0.25) is 4.79 Å². The van der Waals surface area contributed by atoms with Gasteiger partial charge in [0.15, 0.2) is 0 Å². The zero-order valence-electron chi connectivity index (χ0n) is 15.8. The second-order valence-corrected chi connectivity index (χ2v) is 6.51. The van der Waals surface area contributed by atoms with Gasteiger partial charge in [-0.15, -0.1) is 0 Å². The third-order valence-electron chi connectivity index (χ3n) is 4.49. The molecule has 0 fully saturated rings. The second kappa shape index (κ2) is 8.85. The van der Waals surface area contributed by atoms with E-state index in [4.69, 9.17) is 4.74 Å². The number of hydrogen-bond donors (Lipinski definition) is 0. The molecule has 4 aromatic rings. The molecule has 4 nitrogen and oxygen atoms in total. The van der Waals surface area contributed by atoms with E-state index in [2.05, 4.69) is 4.98 Å². The van der Waals surface area contributed by atoms with Gasteiger partial charge in [0.05, 0.1) is 17.6 Å². The van der Waals surface area contributed by atoms with Gasteiger partial charge in [-0.25, -0.2) is 4.98 Å². The molecule has 0 amide bonds. The second-order valence-electron chi connectivity index (χ2n) is 6.51. The topological polar surface area (TPSA) is 44.1 Å². The van der Waals surface area contributed by atoms with Gasteiger partial charge in [-0.1, -0.05) is 72.8 Å². The van der Waals surface area contributed by atoms with Crippen LogP contribution in [0.1, 0.15) is 21.5 Å². The van der Waals surface area contributed by atoms with Crippen LogP contribution >= 0.6 is 0 Å². The fourth-order valence-corrected chi connectivity index (χ4v) is 3.02. The largest absolute Gasteiger partial charge is 0.488 e. The molecule has 0 unspecified atom stereocenters. The molecule has 0 aliphatic rings. The highest BCUT2D eigenvalue weighted by Crippen LogP contribution is 2.25. The minimum atomic E-state index is -0.129. The summed E-state index contributed by atoms with van der Waals surface area (Å²) in [6.45, 7) is 0.397. The maximum absolute atomic E-state index is 13.5. The highest BCUT2D eigenvalue weighted by atomic mass is 16.5. The minimum absolute atomic E-state index is 0.129. The minimum Gasteiger partial charge on any atom is -0.488 e. The maximum atomic E-state index is 13.5. The van der Waals surface area contributed by atoms with Gasteiger partial charge in [0.1, 0.15) is 12.4 Å². The van der Waals surface area contributed by atoms with Crippen LogP contribution in [0.15, 0.2) is 104 Å². The van der Waals surface area contributed by atoms with E-state index in [0.717, 1.165) is 11.1 Å². The van der Waals surface area contributed by atoms with Crippen LogP contribution in [0.5, 0.6) is 5.75 Å². The van der Waals surface area contributed by atoms with Crippen LogP contribution in [-0.4, -0.2) is 15.3 Å². The van der Waals surface area contributed by atoms with Gasteiger partial charge in [-0.2, -0.15) is 0 Å². The number of rotatable bonds is 7. The number of allylic oxidation sites excluding steroid dienone is 1. The van der Waals surface area contributed by atoms with E-state index in [1.807, 2.05) is 84.9 Å². The first-order valence-corrected chi connectivity index (χ1v) is 9.37. The van der Waals surface area contributed by atoms with Crippen molar-refractivity contribution in [1.29, 1.82) is 0 Å². The fourth-order valence-electron chi connectivity index (χ4n) is 3.02. The Morgan fingerprint density at radius 1 is 0.897 bits per heavy atom. The Bertz CT molecular complexity index is 1100. The number of hydrogen-bond acceptors (Lipinski definition) is 3. The molecular formula is C25H20N2O2. The first kappa shape index (κ1) is 18.4. The Morgan fingerprint density at radius 2 is 1.59 bits per heavy atom. The molecule has 0 radical (unpaired) electrons. The summed E-state index contributed by atoms with van der Waals surface area (Å²) in [6, 6.07) is 27.0. The lowest BCUT2D eigenvalue weighted by atomic mass is 10.0. The highest BCUT2D eigenvalue weighted by molar-refractivity contribution is 6.28. The normalized spacial score (nSPS) is 11.2. The lowest BCUT2D eigenvalue weighted by Crippen LogP contribution is -2.10. The molecule has 0 N–H and O–H groups in total. The number of ether oxygens (including phenoxy) is 1. The van der Waals surface area contributed by atoms with Gasteiger partial charge < -0.3 is 9.30 Å². The summed E-state index contributed by atoms with van der Waals surface area (Å²) in [5, 5.41) is 0. The molecular weight excluding hydrogens is 360 g/mol. The average Bonchev–Trinajstić information content (AvgIpc) is 3.32. The Kier molecular flexibility index (Phi) is 5.63. The summed E-state index contributed by atoms with van der Waals surface area (Å²) < 4.78 is 7.71. The molecule has 29 heavy (non-hydrogen) atoms. The Morgan fingerprint density at radius 3 is 2.31 bits per heavy atom. The van der Waals surface area contributed by atoms with Crippen molar-refractivity contribution >= 4 is 17.6 Å². The smallest absolute Gasteiger partial charge is 0.213 e. The zero-order valence-corrected chi connectivity index (χ0v) is 15.8. The van der Waals surface area contributed by atoms with E-state index in [1.165, 1.54) is 0 Å². The number of aromatic nitrogens is 2. The summed E-state index contributed by atoms with van der Waals surface area (Å²) in [4.78, 5) is 17.6. The van der Waals surface area contributed by atoms with E-state index >= 15 is 0 Å². The van der Waals surface area contributed by atoms with Crippen molar-refractivity contribution < 1.29 is 9.53 Å². The predicted octanol–water partition coefficient (Wildman–Crippen LogP) is 5.34. The standard InChI is InChI=1S/C25H20N2O2/c28-25(23(27-16-15-26-19-27)17-20-9-3-1-4-10-20)22-13-7-8-14-24(22)29-18-21-11-5-2-6-12-21/h1-17,19H,18H2/b23-17+. The lowest BCUT2D eigenvalue weighted by Gasteiger charge is -2.13. The maximum Gasteiger partial charge on any atom is 0.213 e. The fraction of sp³-hybridized carbons (Fsp3) is 0.0400. The van der Waals surface area contributed by atoms with E-state index in [-0.39, 0.29) is 5.78 Å². The third-order valence-corrected chi connectivity index (χ3v) is 4.49. The van der Waals surface area contributed by atoms with Crippen LogP contribution in [0.25, 0.3) is 11.8 Å². The van der Waals surface area contributed by atoms with Crippen LogP contribution in [0.3, 0.4) is 0 Å². The number of Topliss-reactive ketones (excluding diaryl/α,β-unsaturated/α-hetero) is 1. The van der Waals surface area contributed by atoms with Crippen LogP contribution < -0.4 is 4.74 Å². The number of para-hydroxylation sites is 1. The van der Waals surface area contributed by atoms with Crippen molar-refractivity contribution in [3.8, 4) is 5.75 Å². The number of benzene rings is 3. The Hall–Kier alpha value is -3.92. The number of nitrogens with zero attached hydrogens (tertiary/aromatic N) is 2. The van der Waals surface area contributed by atoms with Crippen molar-refractivity contribution in [3.63, 3.8) is 0 Å². The van der Waals surface area contributed by atoms with Gasteiger partial charge in [0.25, 0.3) is 0 Å². The van der Waals surface area contributed by atoms with Crippen molar-refractivity contribution in [1.82, 2.24) is 9.55 Å². The first-order valence-electron chi connectivity index (χ1n) is 9.37. The van der Waals surface area contributed by atoms with Crippen molar-refractivity contribution in [2.24, 2.45) is 0 Å². The van der Waals surface area contributed by atoms with Crippen molar-refractivity contribution in [2.45, 2.75) is 6.61 Å². The van der Waals surface area contributed by atoms with Crippen molar-refractivity contribution in [3.05, 3.63) is 120 Å². The van der Waals surface area contributed by atoms with Crippen LogP contribution in [0.4, 0.5) is 0 Å². The number of carbonyl (C=O) groups is 1. The van der Waals surface area contributed by atoms with Gasteiger partial charge in [-0.05, 0) is 29.3 Å². The Labute approximate surface area is 169 Å². The molecule has 0 aliphatic heterocycles. The van der Waals surface area contributed by atoms with E-state index in [9.17, 15) is 4.79 Å². The lowest BCUT2D eigenvalue weighted by molar-refractivity contribution is 0.104. The molecule has 0 saturated heterocycles. The summed E-state index contributed by atoms with van der Waals surface area (Å²) in [5.74, 6) is 0.427. The molecule has 0 saturated carbocycles.